The molecular weight excluding hydrogens is 236 g/mol. The van der Waals surface area contributed by atoms with E-state index in [1.807, 2.05) is 26.0 Å². The van der Waals surface area contributed by atoms with Crippen molar-refractivity contribution in [3.05, 3.63) is 29.8 Å². The molecule has 2 N–H and O–H groups in total. The highest BCUT2D eigenvalue weighted by atomic mass is 32.2. The summed E-state index contributed by atoms with van der Waals surface area (Å²) in [5, 5.41) is 0. The quantitative estimate of drug-likeness (QED) is 0.869. The van der Waals surface area contributed by atoms with Gasteiger partial charge in [-0.1, -0.05) is 26.0 Å². The molecule has 0 aliphatic rings. The molecule has 0 atom stereocenters. The summed E-state index contributed by atoms with van der Waals surface area (Å²) in [4.78, 5) is 0. The van der Waals surface area contributed by atoms with E-state index in [0.29, 0.717) is 12.2 Å². The second-order valence-corrected chi connectivity index (χ2v) is 6.56. The fraction of sp³-hybridized carbons (Fsp3) is 0.500. The molecule has 1 rings (SSSR count). The zero-order valence-electron chi connectivity index (χ0n) is 10.6. The predicted molar refractivity (Wildman–Crippen MR) is 71.4 cm³/mol. The zero-order chi connectivity index (χ0) is 13.1. The fourth-order valence-corrected chi connectivity index (χ4v) is 3.04. The Morgan fingerprint density at radius 3 is 2.18 bits per heavy atom. The van der Waals surface area contributed by atoms with Crippen LogP contribution in [0.3, 0.4) is 0 Å². The highest BCUT2D eigenvalue weighted by Crippen LogP contribution is 2.18. The summed E-state index contributed by atoms with van der Waals surface area (Å²) in [5.74, 6) is 0.271. The maximum Gasteiger partial charge on any atom is 0.235 e. The maximum absolute atomic E-state index is 12.0. The summed E-state index contributed by atoms with van der Waals surface area (Å²) in [6, 6.07) is 7.24. The van der Waals surface area contributed by atoms with Crippen LogP contribution in [-0.4, -0.2) is 21.2 Å². The predicted octanol–water partition coefficient (Wildman–Crippen LogP) is 1.57. The topological polar surface area (TPSA) is 63.4 Å². The van der Waals surface area contributed by atoms with Crippen molar-refractivity contribution in [2.75, 3.05) is 17.1 Å². The van der Waals surface area contributed by atoms with Crippen molar-refractivity contribution in [2.45, 2.75) is 20.4 Å². The van der Waals surface area contributed by atoms with Crippen LogP contribution in [0, 0.1) is 5.92 Å². The summed E-state index contributed by atoms with van der Waals surface area (Å²) in [7, 11) is -1.65. The summed E-state index contributed by atoms with van der Waals surface area (Å²) in [6.07, 6.45) is 0. The molecule has 0 aliphatic heterocycles. The highest BCUT2D eigenvalue weighted by Gasteiger charge is 2.19. The molecule has 1 aromatic carbocycles. The third kappa shape index (κ3) is 3.71. The van der Waals surface area contributed by atoms with E-state index in [9.17, 15) is 8.42 Å². The molecule has 0 saturated heterocycles. The lowest BCUT2D eigenvalue weighted by atomic mass is 10.2. The number of rotatable bonds is 5. The Morgan fingerprint density at radius 1 is 1.24 bits per heavy atom. The van der Waals surface area contributed by atoms with Gasteiger partial charge < -0.3 is 5.73 Å². The van der Waals surface area contributed by atoms with Gasteiger partial charge in [0.15, 0.2) is 0 Å². The number of sulfonamides is 1. The van der Waals surface area contributed by atoms with Gasteiger partial charge in [0.05, 0.1) is 11.4 Å². The summed E-state index contributed by atoms with van der Waals surface area (Å²) in [6.45, 7) is 4.24. The molecule has 0 unspecified atom stereocenters. The molecule has 4 nitrogen and oxygen atoms in total. The summed E-state index contributed by atoms with van der Waals surface area (Å²) in [5.41, 5.74) is 7.15. The van der Waals surface area contributed by atoms with E-state index >= 15 is 0 Å². The van der Waals surface area contributed by atoms with E-state index < -0.39 is 10.0 Å². The van der Waals surface area contributed by atoms with Gasteiger partial charge in [-0.15, -0.1) is 0 Å². The van der Waals surface area contributed by atoms with E-state index in [0.717, 1.165) is 5.56 Å². The Hall–Kier alpha value is -1.07. The molecular formula is C12H20N2O2S. The molecule has 17 heavy (non-hydrogen) atoms. The van der Waals surface area contributed by atoms with Crippen LogP contribution < -0.4 is 10.0 Å². The zero-order valence-corrected chi connectivity index (χ0v) is 11.4. The first-order valence-corrected chi connectivity index (χ1v) is 7.23. The monoisotopic (exact) mass is 256 g/mol. The first kappa shape index (κ1) is 14.0. The molecule has 0 aliphatic carbocycles. The minimum Gasteiger partial charge on any atom is -0.326 e. The number of nitrogens with two attached hydrogens (primary N) is 1. The average molecular weight is 256 g/mol. The van der Waals surface area contributed by atoms with E-state index in [1.54, 1.807) is 19.2 Å². The molecule has 0 amide bonds. The number of hydrogen-bond acceptors (Lipinski definition) is 3. The molecule has 96 valence electrons. The third-order valence-electron chi connectivity index (χ3n) is 2.50. The number of anilines is 1. The van der Waals surface area contributed by atoms with Crippen molar-refractivity contribution in [1.29, 1.82) is 0 Å². The number of benzene rings is 1. The lowest BCUT2D eigenvalue weighted by molar-refractivity contribution is 0.580. The lowest BCUT2D eigenvalue weighted by Gasteiger charge is -2.20. The second kappa shape index (κ2) is 5.51. The molecule has 0 aromatic heterocycles. The molecule has 1 aromatic rings. The molecule has 5 heteroatoms. The number of nitrogens with zero attached hydrogens (tertiary/aromatic N) is 1. The Balaban J connectivity index is 2.91. The molecule has 0 fully saturated rings. The van der Waals surface area contributed by atoms with Crippen molar-refractivity contribution < 1.29 is 8.42 Å². The normalized spacial score (nSPS) is 11.8. The van der Waals surface area contributed by atoms with Crippen molar-refractivity contribution in [3.63, 3.8) is 0 Å². The standard InChI is InChI=1S/C12H20N2O2S/c1-10(2)9-17(15,16)14(3)12-6-4-11(8-13)5-7-12/h4-7,10H,8-9,13H2,1-3H3. The second-order valence-electron chi connectivity index (χ2n) is 4.51. The smallest absolute Gasteiger partial charge is 0.235 e. The van der Waals surface area contributed by atoms with Crippen LogP contribution in [-0.2, 0) is 16.6 Å². The van der Waals surface area contributed by atoms with Crippen LogP contribution in [0.25, 0.3) is 0 Å². The van der Waals surface area contributed by atoms with Crippen molar-refractivity contribution in [3.8, 4) is 0 Å². The molecule has 0 spiro atoms. The SMILES string of the molecule is CC(C)CS(=O)(=O)N(C)c1ccc(CN)cc1. The Labute approximate surface area is 103 Å². The van der Waals surface area contributed by atoms with Gasteiger partial charge in [0.25, 0.3) is 0 Å². The lowest BCUT2D eigenvalue weighted by Crippen LogP contribution is -2.30. The molecule has 0 radical (unpaired) electrons. The van der Waals surface area contributed by atoms with Crippen LogP contribution in [0.15, 0.2) is 24.3 Å². The minimum absolute atomic E-state index is 0.116. The van der Waals surface area contributed by atoms with Crippen LogP contribution in [0.2, 0.25) is 0 Å². The number of hydrogen-bond donors (Lipinski definition) is 1. The van der Waals surface area contributed by atoms with Gasteiger partial charge in [0, 0.05) is 13.6 Å². The van der Waals surface area contributed by atoms with E-state index in [-0.39, 0.29) is 11.7 Å². The van der Waals surface area contributed by atoms with Gasteiger partial charge in [-0.05, 0) is 23.6 Å². The Kier molecular flexibility index (Phi) is 4.54. The van der Waals surface area contributed by atoms with E-state index in [4.69, 9.17) is 5.73 Å². The molecule has 0 saturated carbocycles. The molecule has 0 heterocycles. The van der Waals surface area contributed by atoms with Crippen molar-refractivity contribution in [2.24, 2.45) is 11.7 Å². The summed E-state index contributed by atoms with van der Waals surface area (Å²) >= 11 is 0. The van der Waals surface area contributed by atoms with Gasteiger partial charge >= 0.3 is 0 Å². The first-order valence-electron chi connectivity index (χ1n) is 5.62. The van der Waals surface area contributed by atoms with Crippen LogP contribution in [0.1, 0.15) is 19.4 Å². The maximum atomic E-state index is 12.0. The Morgan fingerprint density at radius 2 is 1.76 bits per heavy atom. The van der Waals surface area contributed by atoms with Gasteiger partial charge in [-0.25, -0.2) is 8.42 Å². The fourth-order valence-electron chi connectivity index (χ4n) is 1.54. The largest absolute Gasteiger partial charge is 0.326 e. The average Bonchev–Trinajstić information content (AvgIpc) is 2.26. The van der Waals surface area contributed by atoms with E-state index in [2.05, 4.69) is 0 Å². The van der Waals surface area contributed by atoms with Crippen molar-refractivity contribution in [1.82, 2.24) is 0 Å². The van der Waals surface area contributed by atoms with Crippen LogP contribution >= 0.6 is 0 Å². The van der Waals surface area contributed by atoms with Gasteiger partial charge in [0.2, 0.25) is 10.0 Å². The van der Waals surface area contributed by atoms with Crippen LogP contribution in [0.5, 0.6) is 0 Å². The molecule has 0 bridgehead atoms. The highest BCUT2D eigenvalue weighted by molar-refractivity contribution is 7.92. The first-order chi connectivity index (χ1) is 7.86. The van der Waals surface area contributed by atoms with Crippen molar-refractivity contribution >= 4 is 15.7 Å². The summed E-state index contributed by atoms with van der Waals surface area (Å²) < 4.78 is 25.3. The third-order valence-corrected chi connectivity index (χ3v) is 4.63. The van der Waals surface area contributed by atoms with Gasteiger partial charge in [-0.2, -0.15) is 0 Å². The Bertz CT molecular complexity index is 452. The van der Waals surface area contributed by atoms with Gasteiger partial charge in [-0.3, -0.25) is 4.31 Å². The minimum atomic E-state index is -3.23. The van der Waals surface area contributed by atoms with E-state index in [1.165, 1.54) is 4.31 Å². The van der Waals surface area contributed by atoms with Crippen LogP contribution in [0.4, 0.5) is 5.69 Å². The van der Waals surface area contributed by atoms with Gasteiger partial charge in [0.1, 0.15) is 0 Å².